The number of nitrogens with one attached hydrogen (secondary N) is 2. The maximum Gasteiger partial charge on any atom is 0.266 e. The Labute approximate surface area is 149 Å². The second-order valence-electron chi connectivity index (χ2n) is 6.85. The molecule has 136 valence electrons. The van der Waals surface area contributed by atoms with Crippen molar-refractivity contribution in [2.24, 2.45) is 0 Å². The highest BCUT2D eigenvalue weighted by atomic mass is 16.1. The number of carbonyl (C=O) groups excluding carboxylic acids is 1. The smallest absolute Gasteiger partial charge is 0.266 e. The molecule has 0 spiro atoms. The van der Waals surface area contributed by atoms with E-state index in [1.54, 1.807) is 6.92 Å². The van der Waals surface area contributed by atoms with E-state index < -0.39 is 0 Å². The van der Waals surface area contributed by atoms with E-state index >= 15 is 0 Å². The molecule has 0 radical (unpaired) electrons. The van der Waals surface area contributed by atoms with E-state index in [0.717, 1.165) is 43.7 Å². The van der Waals surface area contributed by atoms with Crippen molar-refractivity contribution >= 4 is 5.91 Å². The van der Waals surface area contributed by atoms with Gasteiger partial charge < -0.3 is 15.2 Å². The van der Waals surface area contributed by atoms with E-state index in [9.17, 15) is 9.59 Å². The molecule has 2 heterocycles. The fraction of sp³-hybridized carbons (Fsp3) is 0.632. The lowest BCUT2D eigenvalue weighted by molar-refractivity contribution is -0.122. The van der Waals surface area contributed by atoms with Gasteiger partial charge in [0.05, 0.1) is 0 Å². The van der Waals surface area contributed by atoms with Gasteiger partial charge in [0.25, 0.3) is 5.56 Å². The number of aryl methyl sites for hydroxylation is 1. The Morgan fingerprint density at radius 1 is 1.36 bits per heavy atom. The summed E-state index contributed by atoms with van der Waals surface area (Å²) in [6.07, 6.45) is 4.07. The zero-order valence-corrected chi connectivity index (χ0v) is 15.4. The van der Waals surface area contributed by atoms with Crippen molar-refractivity contribution in [2.75, 3.05) is 19.6 Å². The standard InChI is InChI=1S/C19H28N4O2/c1-4-9-23-10-7-15(8-11-23)22-18(24)6-5-16-13(2)17(12-20)19(25)21-14(16)3/h15H,4-11H2,1-3H3,(H,21,25)(H,22,24). The minimum absolute atomic E-state index is 0.0393. The van der Waals surface area contributed by atoms with Crippen LogP contribution < -0.4 is 10.9 Å². The molecule has 0 bridgehead atoms. The fourth-order valence-corrected chi connectivity index (χ4v) is 3.58. The topological polar surface area (TPSA) is 89.0 Å². The third kappa shape index (κ3) is 4.93. The molecule has 1 aliphatic rings. The van der Waals surface area contributed by atoms with Gasteiger partial charge in [-0.15, -0.1) is 0 Å². The Bertz CT molecular complexity index is 709. The number of hydrogen-bond acceptors (Lipinski definition) is 4. The van der Waals surface area contributed by atoms with Gasteiger partial charge in [0.15, 0.2) is 0 Å². The Hall–Kier alpha value is -2.13. The van der Waals surface area contributed by atoms with Crippen LogP contribution >= 0.6 is 0 Å². The Morgan fingerprint density at radius 3 is 2.64 bits per heavy atom. The van der Waals surface area contributed by atoms with Crippen molar-refractivity contribution in [1.29, 1.82) is 5.26 Å². The zero-order valence-electron chi connectivity index (χ0n) is 15.4. The summed E-state index contributed by atoms with van der Waals surface area (Å²) in [7, 11) is 0. The molecule has 6 heteroatoms. The van der Waals surface area contributed by atoms with Crippen molar-refractivity contribution in [2.45, 2.75) is 58.9 Å². The van der Waals surface area contributed by atoms with Crippen LogP contribution in [-0.2, 0) is 11.2 Å². The molecule has 0 aliphatic carbocycles. The highest BCUT2D eigenvalue weighted by Crippen LogP contribution is 2.15. The van der Waals surface area contributed by atoms with Gasteiger partial charge in [-0.1, -0.05) is 6.92 Å². The van der Waals surface area contributed by atoms with Crippen LogP contribution in [0.5, 0.6) is 0 Å². The summed E-state index contributed by atoms with van der Waals surface area (Å²) < 4.78 is 0. The van der Waals surface area contributed by atoms with Crippen LogP contribution in [-0.4, -0.2) is 41.5 Å². The molecule has 1 saturated heterocycles. The molecule has 1 aromatic heterocycles. The van der Waals surface area contributed by atoms with Crippen molar-refractivity contribution in [3.63, 3.8) is 0 Å². The lowest BCUT2D eigenvalue weighted by atomic mass is 9.98. The first-order valence-electron chi connectivity index (χ1n) is 9.10. The summed E-state index contributed by atoms with van der Waals surface area (Å²) in [5.41, 5.74) is 2.10. The number of piperidine rings is 1. The number of rotatable bonds is 6. The summed E-state index contributed by atoms with van der Waals surface area (Å²) in [5.74, 6) is 0.0393. The quantitative estimate of drug-likeness (QED) is 0.823. The molecule has 6 nitrogen and oxygen atoms in total. The van der Waals surface area contributed by atoms with Crippen LogP contribution in [0.1, 0.15) is 55.0 Å². The first-order valence-corrected chi connectivity index (χ1v) is 9.10. The first kappa shape index (κ1) is 19.2. The third-order valence-electron chi connectivity index (χ3n) is 5.01. The Kier molecular flexibility index (Phi) is 6.77. The fourth-order valence-electron chi connectivity index (χ4n) is 3.58. The number of H-pyrrole nitrogens is 1. The molecule has 2 N–H and O–H groups in total. The van der Waals surface area contributed by atoms with Crippen LogP contribution in [0.15, 0.2) is 4.79 Å². The molecule has 0 aromatic carbocycles. The van der Waals surface area contributed by atoms with E-state index in [0.29, 0.717) is 18.4 Å². The molecule has 1 fully saturated rings. The Balaban J connectivity index is 1.89. The highest BCUT2D eigenvalue weighted by Gasteiger charge is 2.20. The maximum atomic E-state index is 12.3. The lowest BCUT2D eigenvalue weighted by Crippen LogP contribution is -2.44. The molecule has 1 aliphatic heterocycles. The molecule has 0 saturated carbocycles. The van der Waals surface area contributed by atoms with Gasteiger partial charge in [0, 0.05) is 31.2 Å². The van der Waals surface area contributed by atoms with Gasteiger partial charge in [-0.2, -0.15) is 5.26 Å². The maximum absolute atomic E-state index is 12.3. The van der Waals surface area contributed by atoms with E-state index in [1.165, 1.54) is 6.42 Å². The van der Waals surface area contributed by atoms with E-state index in [4.69, 9.17) is 5.26 Å². The van der Waals surface area contributed by atoms with Crippen LogP contribution in [0.25, 0.3) is 0 Å². The van der Waals surface area contributed by atoms with Crippen LogP contribution in [0.2, 0.25) is 0 Å². The van der Waals surface area contributed by atoms with Crippen molar-refractivity contribution in [1.82, 2.24) is 15.2 Å². The minimum atomic E-state index is -0.357. The number of nitriles is 1. The average Bonchev–Trinajstić information content (AvgIpc) is 2.56. The molecule has 1 aromatic rings. The lowest BCUT2D eigenvalue weighted by Gasteiger charge is -2.32. The highest BCUT2D eigenvalue weighted by molar-refractivity contribution is 5.76. The summed E-state index contributed by atoms with van der Waals surface area (Å²) in [4.78, 5) is 29.2. The van der Waals surface area contributed by atoms with E-state index in [2.05, 4.69) is 22.1 Å². The number of carbonyl (C=O) groups is 1. The van der Waals surface area contributed by atoms with Gasteiger partial charge in [-0.25, -0.2) is 0 Å². The number of likely N-dealkylation sites (tertiary alicyclic amines) is 1. The van der Waals surface area contributed by atoms with Crippen LogP contribution in [0, 0.1) is 25.2 Å². The average molecular weight is 344 g/mol. The number of aromatic amines is 1. The van der Waals surface area contributed by atoms with Crippen molar-refractivity contribution < 1.29 is 4.79 Å². The molecule has 0 unspecified atom stereocenters. The predicted octanol–water partition coefficient (Wildman–Crippen LogP) is 1.79. The number of nitrogens with zero attached hydrogens (tertiary/aromatic N) is 2. The molecule has 2 rings (SSSR count). The van der Waals surface area contributed by atoms with Crippen LogP contribution in [0.4, 0.5) is 0 Å². The van der Waals surface area contributed by atoms with Crippen molar-refractivity contribution in [3.05, 3.63) is 32.7 Å². The summed E-state index contributed by atoms with van der Waals surface area (Å²) in [6, 6.07) is 2.21. The monoisotopic (exact) mass is 344 g/mol. The van der Waals surface area contributed by atoms with Crippen molar-refractivity contribution in [3.8, 4) is 6.07 Å². The van der Waals surface area contributed by atoms with Gasteiger partial charge in [0.1, 0.15) is 11.6 Å². The molecule has 0 atom stereocenters. The second-order valence-corrected chi connectivity index (χ2v) is 6.85. The molecular weight excluding hydrogens is 316 g/mol. The Morgan fingerprint density at radius 2 is 2.04 bits per heavy atom. The minimum Gasteiger partial charge on any atom is -0.353 e. The molecular formula is C19H28N4O2. The summed E-state index contributed by atoms with van der Waals surface area (Å²) >= 11 is 0. The number of amides is 1. The van der Waals surface area contributed by atoms with E-state index in [-0.39, 0.29) is 23.1 Å². The number of pyridine rings is 1. The SMILES string of the molecule is CCCN1CCC(NC(=O)CCc2c(C)[nH]c(=O)c(C#N)c2C)CC1. The van der Waals surface area contributed by atoms with Gasteiger partial charge in [0.2, 0.25) is 5.91 Å². The summed E-state index contributed by atoms with van der Waals surface area (Å²) in [5, 5.41) is 12.2. The zero-order chi connectivity index (χ0) is 18.4. The molecule has 25 heavy (non-hydrogen) atoms. The normalized spacial score (nSPS) is 15.8. The number of aromatic nitrogens is 1. The van der Waals surface area contributed by atoms with Crippen LogP contribution in [0.3, 0.4) is 0 Å². The van der Waals surface area contributed by atoms with Gasteiger partial charge in [-0.05, 0) is 57.2 Å². The second kappa shape index (κ2) is 8.82. The third-order valence-corrected chi connectivity index (χ3v) is 5.01. The van der Waals surface area contributed by atoms with Gasteiger partial charge in [-0.3, -0.25) is 9.59 Å². The predicted molar refractivity (Wildman–Crippen MR) is 97.5 cm³/mol. The molecule has 1 amide bonds. The van der Waals surface area contributed by atoms with E-state index in [1.807, 2.05) is 13.0 Å². The number of hydrogen-bond donors (Lipinski definition) is 2. The largest absolute Gasteiger partial charge is 0.353 e. The first-order chi connectivity index (χ1) is 12.0. The summed E-state index contributed by atoms with van der Waals surface area (Å²) in [6.45, 7) is 8.99. The van der Waals surface area contributed by atoms with Gasteiger partial charge >= 0.3 is 0 Å².